The van der Waals surface area contributed by atoms with Crippen LogP contribution in [0.5, 0.6) is 5.75 Å². The largest absolute Gasteiger partial charge is 0.497 e. The number of carbonyl (C=O) groups is 1. The molecule has 0 radical (unpaired) electrons. The summed E-state index contributed by atoms with van der Waals surface area (Å²) in [6, 6.07) is 12.0. The van der Waals surface area contributed by atoms with Crippen molar-refractivity contribution >= 4 is 22.8 Å². The van der Waals surface area contributed by atoms with E-state index in [2.05, 4.69) is 36.3 Å². The lowest BCUT2D eigenvalue weighted by Crippen LogP contribution is -2.66. The minimum absolute atomic E-state index is 0.0931. The molecule has 11 heteroatoms. The van der Waals surface area contributed by atoms with Crippen LogP contribution in [-0.4, -0.2) is 79.9 Å². The molecule has 6 rings (SSSR count). The predicted octanol–water partition coefficient (Wildman–Crippen LogP) is 3.45. The molecule has 0 unspecified atom stereocenters. The first-order valence-corrected chi connectivity index (χ1v) is 12.7. The van der Waals surface area contributed by atoms with Gasteiger partial charge in [0.1, 0.15) is 23.3 Å². The van der Waals surface area contributed by atoms with E-state index in [1.807, 2.05) is 58.5 Å². The van der Waals surface area contributed by atoms with E-state index >= 15 is 0 Å². The Morgan fingerprint density at radius 3 is 2.89 bits per heavy atom. The number of nitrogens with zero attached hydrogens (tertiary/aromatic N) is 7. The molecule has 3 aromatic heterocycles. The second-order valence-corrected chi connectivity index (χ2v) is 9.98. The van der Waals surface area contributed by atoms with E-state index in [0.29, 0.717) is 31.3 Å². The Kier molecular flexibility index (Phi) is 6.17. The first-order valence-electron chi connectivity index (χ1n) is 12.7. The monoisotopic (exact) mass is 511 g/mol. The third-order valence-corrected chi connectivity index (χ3v) is 7.69. The molecule has 2 fully saturated rings. The third-order valence-electron chi connectivity index (χ3n) is 7.69. The highest BCUT2D eigenvalue weighted by molar-refractivity contribution is 5.90. The molecule has 2 N–H and O–H groups in total. The number of ether oxygens (including phenoxy) is 1. The van der Waals surface area contributed by atoms with Crippen molar-refractivity contribution in [1.29, 1.82) is 5.26 Å². The van der Waals surface area contributed by atoms with Crippen molar-refractivity contribution in [3.8, 4) is 23.1 Å². The zero-order chi connectivity index (χ0) is 26.1. The van der Waals surface area contributed by atoms with E-state index in [4.69, 9.17) is 4.74 Å². The number of urea groups is 1. The molecule has 0 aliphatic carbocycles. The summed E-state index contributed by atoms with van der Waals surface area (Å²) in [6.45, 7) is 2.89. The normalized spacial score (nSPS) is 17.6. The molecule has 2 aliphatic heterocycles. The number of hydrogen-bond acceptors (Lipinski definition) is 7. The number of H-pyrrole nitrogens is 1. The number of amides is 2. The van der Waals surface area contributed by atoms with Crippen molar-refractivity contribution in [2.24, 2.45) is 0 Å². The molecule has 38 heavy (non-hydrogen) atoms. The number of likely N-dealkylation sites (tertiary alicyclic amines) is 2. The summed E-state index contributed by atoms with van der Waals surface area (Å²) < 4.78 is 7.18. The van der Waals surface area contributed by atoms with Crippen molar-refractivity contribution in [1.82, 2.24) is 34.5 Å². The molecule has 194 valence electrons. The Morgan fingerprint density at radius 1 is 1.26 bits per heavy atom. The van der Waals surface area contributed by atoms with Crippen molar-refractivity contribution in [2.45, 2.75) is 30.8 Å². The summed E-state index contributed by atoms with van der Waals surface area (Å²) in [5.74, 6) is 0.708. The van der Waals surface area contributed by atoms with Crippen molar-refractivity contribution in [3.05, 3.63) is 55.2 Å². The molecule has 0 bridgehead atoms. The van der Waals surface area contributed by atoms with Crippen LogP contribution < -0.4 is 10.1 Å². The highest BCUT2D eigenvalue weighted by Crippen LogP contribution is 2.37. The van der Waals surface area contributed by atoms with Crippen LogP contribution in [0.3, 0.4) is 0 Å². The highest BCUT2D eigenvalue weighted by Gasteiger charge is 2.48. The maximum atomic E-state index is 12.8. The van der Waals surface area contributed by atoms with Gasteiger partial charge >= 0.3 is 6.03 Å². The molecule has 5 heterocycles. The van der Waals surface area contributed by atoms with Gasteiger partial charge < -0.3 is 19.9 Å². The zero-order valence-electron chi connectivity index (χ0n) is 21.2. The van der Waals surface area contributed by atoms with E-state index in [-0.39, 0.29) is 11.6 Å². The fraction of sp³-hybridized carbons (Fsp3) is 0.370. The van der Waals surface area contributed by atoms with Crippen molar-refractivity contribution in [3.63, 3.8) is 0 Å². The maximum Gasteiger partial charge on any atom is 0.321 e. The Labute approximate surface area is 220 Å². The smallest absolute Gasteiger partial charge is 0.321 e. The topological polar surface area (TPSA) is 128 Å². The van der Waals surface area contributed by atoms with Gasteiger partial charge in [0.05, 0.1) is 31.5 Å². The molecule has 2 amide bonds. The number of carbonyl (C=O) groups excluding carboxylic acids is 1. The molecule has 0 atom stereocenters. The number of aromatic amines is 1. The predicted molar refractivity (Wildman–Crippen MR) is 141 cm³/mol. The van der Waals surface area contributed by atoms with Gasteiger partial charge in [0.25, 0.3) is 0 Å². The Bertz CT molecular complexity index is 1490. The highest BCUT2D eigenvalue weighted by atomic mass is 16.5. The van der Waals surface area contributed by atoms with Crippen LogP contribution in [0.25, 0.3) is 22.3 Å². The number of aromatic nitrogens is 5. The molecular weight excluding hydrogens is 482 g/mol. The average Bonchev–Trinajstić information content (AvgIpc) is 3.61. The Hall–Kier alpha value is -4.43. The molecule has 2 aliphatic rings. The lowest BCUT2D eigenvalue weighted by molar-refractivity contribution is -0.0399. The summed E-state index contributed by atoms with van der Waals surface area (Å²) >= 11 is 0. The molecule has 4 aromatic rings. The summed E-state index contributed by atoms with van der Waals surface area (Å²) in [5, 5.41) is 18.2. The number of fused-ring (bicyclic) bond motifs is 1. The van der Waals surface area contributed by atoms with Gasteiger partial charge in [-0.3, -0.25) is 9.58 Å². The van der Waals surface area contributed by atoms with Crippen LogP contribution in [-0.2, 0) is 5.54 Å². The molecule has 2 saturated heterocycles. The number of benzene rings is 1. The van der Waals surface area contributed by atoms with Crippen LogP contribution in [0.1, 0.15) is 19.3 Å². The molecule has 0 saturated carbocycles. The summed E-state index contributed by atoms with van der Waals surface area (Å²) in [4.78, 5) is 28.9. The molecule has 11 nitrogen and oxygen atoms in total. The molecular formula is C27H29N9O2. The van der Waals surface area contributed by atoms with Gasteiger partial charge in [-0.15, -0.1) is 0 Å². The molecule has 0 spiro atoms. The lowest BCUT2D eigenvalue weighted by atomic mass is 9.84. The maximum absolute atomic E-state index is 12.8. The van der Waals surface area contributed by atoms with E-state index < -0.39 is 0 Å². The fourth-order valence-corrected chi connectivity index (χ4v) is 5.60. The van der Waals surface area contributed by atoms with Gasteiger partial charge in [0.2, 0.25) is 0 Å². The van der Waals surface area contributed by atoms with E-state index in [0.717, 1.165) is 53.9 Å². The standard InChI is InChI=1S/C27H29N9O2/c1-38-22-4-2-3-20(13-22)33-26(37)34-11-6-21(7-12-34)35-16-27(17-35,8-9-28)36-15-19(14-32-36)24-23-5-10-29-25(23)31-18-30-24/h2-5,10,13-15,18,21H,6-8,11-12,16-17H2,1H3,(H,33,37)(H,29,30,31). The quantitative estimate of drug-likeness (QED) is 0.406. The van der Waals surface area contributed by atoms with Gasteiger partial charge in [-0.1, -0.05) is 6.07 Å². The average molecular weight is 512 g/mol. The van der Waals surface area contributed by atoms with Crippen LogP contribution in [0.2, 0.25) is 0 Å². The number of anilines is 1. The number of hydrogen-bond donors (Lipinski definition) is 2. The first kappa shape index (κ1) is 23.9. The van der Waals surface area contributed by atoms with Crippen LogP contribution in [0.15, 0.2) is 55.2 Å². The number of piperidine rings is 1. The summed E-state index contributed by atoms with van der Waals surface area (Å²) in [6.07, 6.45) is 9.38. The zero-order valence-corrected chi connectivity index (χ0v) is 21.2. The van der Waals surface area contributed by atoms with Gasteiger partial charge in [0.15, 0.2) is 0 Å². The minimum atomic E-state index is -0.363. The van der Waals surface area contributed by atoms with Gasteiger partial charge in [-0.2, -0.15) is 10.4 Å². The van der Waals surface area contributed by atoms with Crippen LogP contribution in [0, 0.1) is 11.3 Å². The van der Waals surface area contributed by atoms with Gasteiger partial charge in [-0.25, -0.2) is 14.8 Å². The van der Waals surface area contributed by atoms with E-state index in [9.17, 15) is 10.1 Å². The SMILES string of the molecule is COc1cccc(NC(=O)N2CCC(N3CC(CC#N)(n4cc(-c5ncnc6[nH]ccc56)cn4)C3)CC2)c1. The number of nitrogens with one attached hydrogen (secondary N) is 2. The summed E-state index contributed by atoms with van der Waals surface area (Å²) in [7, 11) is 1.61. The van der Waals surface area contributed by atoms with Gasteiger partial charge in [0, 0.05) is 67.3 Å². The van der Waals surface area contributed by atoms with E-state index in [1.165, 1.54) is 0 Å². The Morgan fingerprint density at radius 2 is 2.11 bits per heavy atom. The van der Waals surface area contributed by atoms with E-state index in [1.54, 1.807) is 13.4 Å². The van der Waals surface area contributed by atoms with Crippen molar-refractivity contribution in [2.75, 3.05) is 38.6 Å². The lowest BCUT2D eigenvalue weighted by Gasteiger charge is -2.53. The Balaban J connectivity index is 1.08. The van der Waals surface area contributed by atoms with Crippen molar-refractivity contribution < 1.29 is 9.53 Å². The summed E-state index contributed by atoms with van der Waals surface area (Å²) in [5.41, 5.74) is 2.87. The minimum Gasteiger partial charge on any atom is -0.497 e. The fourth-order valence-electron chi connectivity index (χ4n) is 5.60. The number of rotatable bonds is 6. The first-order chi connectivity index (χ1) is 18.6. The molecule has 1 aromatic carbocycles. The second-order valence-electron chi connectivity index (χ2n) is 9.98. The van der Waals surface area contributed by atoms with Crippen LogP contribution >= 0.6 is 0 Å². The number of nitriles is 1. The number of methoxy groups -OCH3 is 1. The van der Waals surface area contributed by atoms with Gasteiger partial charge in [-0.05, 0) is 31.0 Å². The second kappa shape index (κ2) is 9.79. The van der Waals surface area contributed by atoms with Crippen LogP contribution in [0.4, 0.5) is 10.5 Å². The third kappa shape index (κ3) is 4.33.